The molecule has 5 rings (SSSR count). The van der Waals surface area contributed by atoms with E-state index in [0.717, 1.165) is 74.5 Å². The van der Waals surface area contributed by atoms with E-state index in [0.29, 0.717) is 17.8 Å². The summed E-state index contributed by atoms with van der Waals surface area (Å²) in [6.07, 6.45) is 39.3. The van der Waals surface area contributed by atoms with Crippen LogP contribution >= 0.6 is 0 Å². The molecule has 65 heavy (non-hydrogen) atoms. The molecule has 0 aromatic carbocycles. The number of unbranched alkanes of at least 4 members (excludes halogenated alkanes) is 21. The molecule has 378 valence electrons. The van der Waals surface area contributed by atoms with Crippen molar-refractivity contribution in [3.05, 3.63) is 11.6 Å². The Balaban J connectivity index is 0.912. The van der Waals surface area contributed by atoms with Crippen LogP contribution in [0.3, 0.4) is 0 Å². The summed E-state index contributed by atoms with van der Waals surface area (Å²) in [7, 11) is 0. The van der Waals surface area contributed by atoms with Crippen LogP contribution in [0.1, 0.15) is 260 Å². The normalized spacial score (nSPS) is 33.9. The summed E-state index contributed by atoms with van der Waals surface area (Å²) in [6, 6.07) is 0. The third-order valence-electron chi connectivity index (χ3n) is 18.4. The van der Waals surface area contributed by atoms with Crippen LogP contribution in [0.4, 0.5) is 0 Å². The van der Waals surface area contributed by atoms with Crippen LogP contribution in [0, 0.1) is 46.3 Å². The van der Waals surface area contributed by atoms with Gasteiger partial charge < -0.3 is 29.5 Å². The summed E-state index contributed by atoms with van der Waals surface area (Å²) in [5.41, 5.74) is 2.15. The molecule has 0 bridgehead atoms. The summed E-state index contributed by atoms with van der Waals surface area (Å²) < 4.78 is 18.1. The average Bonchev–Trinajstić information content (AvgIpc) is 3.65. The number of hydrogen-bond acceptors (Lipinski definition) is 7. The van der Waals surface area contributed by atoms with Gasteiger partial charge >= 0.3 is 5.97 Å². The molecule has 3 saturated carbocycles. The van der Waals surface area contributed by atoms with Crippen molar-refractivity contribution in [1.29, 1.82) is 0 Å². The number of ether oxygens (including phenoxy) is 3. The predicted octanol–water partition coefficient (Wildman–Crippen LogP) is 14.8. The third kappa shape index (κ3) is 16.3. The summed E-state index contributed by atoms with van der Waals surface area (Å²) in [5.74, 6) is 4.45. The van der Waals surface area contributed by atoms with Crippen LogP contribution in [-0.2, 0) is 19.0 Å². The molecule has 1 aliphatic heterocycles. The van der Waals surface area contributed by atoms with Crippen molar-refractivity contribution in [2.45, 2.75) is 297 Å². The predicted molar refractivity (Wildman–Crippen MR) is 267 cm³/mol. The van der Waals surface area contributed by atoms with Gasteiger partial charge in [0.25, 0.3) is 0 Å². The lowest BCUT2D eigenvalue weighted by atomic mass is 9.47. The number of allylic oxidation sites excluding steroid dienone is 1. The average molecular weight is 913 g/mol. The molecule has 4 fully saturated rings. The summed E-state index contributed by atoms with van der Waals surface area (Å²) >= 11 is 0. The second kappa shape index (κ2) is 28.6. The molecule has 1 saturated heterocycles. The van der Waals surface area contributed by atoms with E-state index in [1.54, 1.807) is 0 Å². The van der Waals surface area contributed by atoms with E-state index in [4.69, 9.17) is 14.2 Å². The molecule has 5 aliphatic rings. The Morgan fingerprint density at radius 1 is 0.677 bits per heavy atom. The van der Waals surface area contributed by atoms with Crippen molar-refractivity contribution in [1.82, 2.24) is 0 Å². The minimum Gasteiger partial charge on any atom is -0.463 e. The highest BCUT2D eigenvalue weighted by Crippen LogP contribution is 2.67. The minimum absolute atomic E-state index is 0.138. The molecule has 1 heterocycles. The fourth-order valence-electron chi connectivity index (χ4n) is 14.2. The Kier molecular flexibility index (Phi) is 24.2. The first kappa shape index (κ1) is 54.9. The van der Waals surface area contributed by atoms with Crippen molar-refractivity contribution in [2.75, 3.05) is 6.61 Å². The summed E-state index contributed by atoms with van der Waals surface area (Å²) in [5, 5.41) is 32.6. The molecule has 0 aromatic heterocycles. The molecule has 7 heteroatoms. The van der Waals surface area contributed by atoms with E-state index in [1.807, 2.05) is 0 Å². The molecule has 0 amide bonds. The monoisotopic (exact) mass is 913 g/mol. The van der Waals surface area contributed by atoms with Crippen LogP contribution in [0.15, 0.2) is 11.6 Å². The molecule has 0 aromatic rings. The first-order valence-electron chi connectivity index (χ1n) is 28.6. The maximum absolute atomic E-state index is 12.7. The number of esters is 1. The Hall–Kier alpha value is -0.990. The van der Waals surface area contributed by atoms with E-state index in [1.165, 1.54) is 173 Å². The quantitative estimate of drug-likeness (QED) is 0.0351. The van der Waals surface area contributed by atoms with Gasteiger partial charge in [0, 0.05) is 6.42 Å². The van der Waals surface area contributed by atoms with Crippen molar-refractivity contribution >= 4 is 5.97 Å². The topological polar surface area (TPSA) is 105 Å². The minimum atomic E-state index is -1.44. The maximum atomic E-state index is 12.7. The van der Waals surface area contributed by atoms with Gasteiger partial charge in [-0.1, -0.05) is 207 Å². The Morgan fingerprint density at radius 3 is 1.82 bits per heavy atom. The second-order valence-corrected chi connectivity index (χ2v) is 23.7. The largest absolute Gasteiger partial charge is 0.463 e. The van der Waals surface area contributed by atoms with E-state index in [2.05, 4.69) is 47.6 Å². The van der Waals surface area contributed by atoms with Gasteiger partial charge in [-0.15, -0.1) is 0 Å². The van der Waals surface area contributed by atoms with E-state index in [-0.39, 0.29) is 24.1 Å². The van der Waals surface area contributed by atoms with Gasteiger partial charge in [-0.05, 0) is 104 Å². The van der Waals surface area contributed by atoms with Gasteiger partial charge in [-0.2, -0.15) is 0 Å². The van der Waals surface area contributed by atoms with Gasteiger partial charge in [-0.3, -0.25) is 4.79 Å². The van der Waals surface area contributed by atoms with E-state index in [9.17, 15) is 20.1 Å². The van der Waals surface area contributed by atoms with Gasteiger partial charge in [-0.25, -0.2) is 0 Å². The molecule has 4 aliphatic carbocycles. The molecule has 13 unspecified atom stereocenters. The molecule has 7 nitrogen and oxygen atoms in total. The fourth-order valence-corrected chi connectivity index (χ4v) is 14.2. The van der Waals surface area contributed by atoms with Gasteiger partial charge in [0.2, 0.25) is 0 Å². The zero-order chi connectivity index (χ0) is 46.7. The maximum Gasteiger partial charge on any atom is 0.305 e. The number of aliphatic hydroxyl groups is 3. The number of aliphatic hydroxyl groups excluding tert-OH is 3. The highest BCUT2D eigenvalue weighted by Gasteiger charge is 2.59. The SMILES string of the molecule is CCCCCCCCCCCCCCCCCCCCCCCCC(=O)OCC1OC(OC2CCC3(C)C(=CCC4C3CCC3(C)C(C(C)CCCC(C)C)CCC43)C2)C(O)C(O)C1O. The summed E-state index contributed by atoms with van der Waals surface area (Å²) in [6.45, 7) is 14.6. The molecule has 13 atom stereocenters. The van der Waals surface area contributed by atoms with Crippen LogP contribution in [-0.4, -0.2) is 64.7 Å². The van der Waals surface area contributed by atoms with Crippen molar-refractivity contribution < 1.29 is 34.3 Å². The van der Waals surface area contributed by atoms with Crippen molar-refractivity contribution in [3.63, 3.8) is 0 Å². The Labute approximate surface area is 400 Å². The Morgan fingerprint density at radius 2 is 1.25 bits per heavy atom. The fraction of sp³-hybridized carbons (Fsp3) is 0.948. The second-order valence-electron chi connectivity index (χ2n) is 23.7. The lowest BCUT2D eigenvalue weighted by Crippen LogP contribution is -2.60. The number of fused-ring (bicyclic) bond motifs is 5. The zero-order valence-corrected chi connectivity index (χ0v) is 43.2. The number of rotatable bonds is 32. The molecule has 0 spiro atoms. The third-order valence-corrected chi connectivity index (χ3v) is 18.4. The number of hydrogen-bond donors (Lipinski definition) is 3. The van der Waals surface area contributed by atoms with Crippen LogP contribution in [0.25, 0.3) is 0 Å². The van der Waals surface area contributed by atoms with Crippen LogP contribution in [0.5, 0.6) is 0 Å². The number of carbonyl (C=O) groups is 1. The molecular weight excluding hydrogens is 809 g/mol. The molecule has 0 radical (unpaired) electrons. The lowest BCUT2D eigenvalue weighted by Gasteiger charge is -2.58. The van der Waals surface area contributed by atoms with Gasteiger partial charge in [0.15, 0.2) is 6.29 Å². The van der Waals surface area contributed by atoms with Crippen LogP contribution in [0.2, 0.25) is 0 Å². The molecule has 3 N–H and O–H groups in total. The lowest BCUT2D eigenvalue weighted by molar-refractivity contribution is -0.313. The highest BCUT2D eigenvalue weighted by atomic mass is 16.7. The standard InChI is InChI=1S/C58H104O7/c1-7-8-9-10-11-12-13-14-15-16-17-18-19-20-21-22-23-24-25-26-27-28-32-52(59)63-42-51-53(60)54(61)55(62)56(65-51)64-46-37-39-57(5)45(41-46)33-34-47-49-36-35-48(44(4)31-29-30-43(2)3)58(49,6)40-38-50(47)57/h33,43-44,46-51,53-56,60-62H,7-32,34-42H2,1-6H3. The summed E-state index contributed by atoms with van der Waals surface area (Å²) in [4.78, 5) is 12.7. The first-order valence-corrected chi connectivity index (χ1v) is 28.6. The highest BCUT2D eigenvalue weighted by molar-refractivity contribution is 5.69. The smallest absolute Gasteiger partial charge is 0.305 e. The van der Waals surface area contributed by atoms with Gasteiger partial charge in [0.05, 0.1) is 6.10 Å². The van der Waals surface area contributed by atoms with E-state index >= 15 is 0 Å². The Bertz CT molecular complexity index is 1350. The van der Waals surface area contributed by atoms with Crippen LogP contribution < -0.4 is 0 Å². The van der Waals surface area contributed by atoms with Crippen molar-refractivity contribution in [3.8, 4) is 0 Å². The van der Waals surface area contributed by atoms with Gasteiger partial charge in [0.1, 0.15) is 31.0 Å². The first-order chi connectivity index (χ1) is 31.4. The zero-order valence-electron chi connectivity index (χ0n) is 43.2. The molecular formula is C58H104O7. The van der Waals surface area contributed by atoms with Crippen molar-refractivity contribution in [2.24, 2.45) is 46.3 Å². The number of carbonyl (C=O) groups excluding carboxylic acids is 1. The van der Waals surface area contributed by atoms with E-state index < -0.39 is 30.7 Å².